The zero-order valence-electron chi connectivity index (χ0n) is 9.78. The molecular weight excluding hydrogens is 437 g/mol. The summed E-state index contributed by atoms with van der Waals surface area (Å²) in [6.45, 7) is 2.54. The maximum absolute atomic E-state index is 12.0. The van der Waals surface area contributed by atoms with Crippen molar-refractivity contribution in [1.82, 2.24) is 4.57 Å². The van der Waals surface area contributed by atoms with Crippen molar-refractivity contribution in [3.8, 4) is 11.3 Å². The molecule has 0 saturated heterocycles. The summed E-state index contributed by atoms with van der Waals surface area (Å²) in [5.41, 5.74) is 1.58. The fraction of sp³-hybridized carbons (Fsp3) is 0.154. The molecule has 0 N–H and O–H groups in total. The van der Waals surface area contributed by atoms with E-state index in [0.717, 1.165) is 11.3 Å². The zero-order chi connectivity index (χ0) is 12.4. The van der Waals surface area contributed by atoms with Gasteiger partial charge in [-0.15, -0.1) is 28.7 Å². The largest absolute Gasteiger partial charge is 0.342 e. The molecule has 5 heteroatoms. The van der Waals surface area contributed by atoms with Crippen LogP contribution >= 0.6 is 34.2 Å². The Bertz CT molecular complexity index is 612. The first-order chi connectivity index (χ1) is 8.15. The standard InChI is InChI=1S/C13H10ClINO.Y/c1-2-16-12(8-7-11(15)13(16)17)9-5-3-4-6-10(9)14;/h3-7H,2H2,1H3;/q-1;. The van der Waals surface area contributed by atoms with Gasteiger partial charge in [0.2, 0.25) is 5.56 Å². The molecule has 0 aliphatic heterocycles. The van der Waals surface area contributed by atoms with Crippen LogP contribution in [0.2, 0.25) is 5.02 Å². The molecule has 0 unspecified atom stereocenters. The minimum Gasteiger partial charge on any atom is -0.342 e. The van der Waals surface area contributed by atoms with Crippen LogP contribution in [0.1, 0.15) is 6.92 Å². The number of rotatable bonds is 2. The van der Waals surface area contributed by atoms with Crippen molar-refractivity contribution < 1.29 is 32.7 Å². The first kappa shape index (κ1) is 16.3. The van der Waals surface area contributed by atoms with Crippen LogP contribution in [0.3, 0.4) is 0 Å². The second-order valence-electron chi connectivity index (χ2n) is 3.51. The van der Waals surface area contributed by atoms with E-state index in [-0.39, 0.29) is 38.3 Å². The predicted octanol–water partition coefficient (Wildman–Crippen LogP) is 3.59. The number of pyridine rings is 1. The maximum Gasteiger partial charge on any atom is 0.207 e. The van der Waals surface area contributed by atoms with Gasteiger partial charge in [0.05, 0.1) is 0 Å². The molecule has 2 nitrogen and oxygen atoms in total. The Kier molecular flexibility index (Phi) is 6.52. The molecule has 0 bridgehead atoms. The van der Waals surface area contributed by atoms with Crippen molar-refractivity contribution in [1.29, 1.82) is 0 Å². The molecule has 91 valence electrons. The third-order valence-electron chi connectivity index (χ3n) is 2.50. The van der Waals surface area contributed by atoms with Gasteiger partial charge in [-0.25, -0.2) is 0 Å². The summed E-state index contributed by atoms with van der Waals surface area (Å²) in [5.74, 6) is 0. The number of hydrogen-bond acceptors (Lipinski definition) is 1. The van der Waals surface area contributed by atoms with E-state index in [2.05, 4.69) is 6.07 Å². The molecule has 18 heavy (non-hydrogen) atoms. The minimum absolute atomic E-state index is 0. The summed E-state index contributed by atoms with van der Waals surface area (Å²) in [4.78, 5) is 12.0. The molecule has 1 heterocycles. The average molecular weight is 447 g/mol. The van der Waals surface area contributed by atoms with Crippen LogP contribution in [0, 0.1) is 9.64 Å². The van der Waals surface area contributed by atoms with Gasteiger partial charge in [0.15, 0.2) is 0 Å². The smallest absolute Gasteiger partial charge is 0.207 e. The molecule has 0 atom stereocenters. The normalized spacial score (nSPS) is 9.94. The summed E-state index contributed by atoms with van der Waals surface area (Å²) in [6.07, 6.45) is 0. The van der Waals surface area contributed by atoms with Crippen molar-refractivity contribution >= 4 is 34.2 Å². The van der Waals surface area contributed by atoms with Crippen LogP contribution in [0.4, 0.5) is 0 Å². The van der Waals surface area contributed by atoms with E-state index in [4.69, 9.17) is 11.6 Å². The third kappa shape index (κ3) is 3.24. The first-order valence-electron chi connectivity index (χ1n) is 5.21. The van der Waals surface area contributed by atoms with Gasteiger partial charge in [0.25, 0.3) is 0 Å². The molecule has 1 radical (unpaired) electrons. The molecule has 1 aromatic carbocycles. The Morgan fingerprint density at radius 3 is 2.67 bits per heavy atom. The molecule has 0 saturated carbocycles. The minimum atomic E-state index is 0. The van der Waals surface area contributed by atoms with Crippen molar-refractivity contribution in [3.63, 3.8) is 0 Å². The maximum atomic E-state index is 12.0. The molecule has 0 aliphatic carbocycles. The van der Waals surface area contributed by atoms with Crippen LogP contribution < -0.4 is 5.56 Å². The van der Waals surface area contributed by atoms with Gasteiger partial charge in [-0.05, 0) is 15.5 Å². The van der Waals surface area contributed by atoms with E-state index in [0.29, 0.717) is 15.1 Å². The summed E-state index contributed by atoms with van der Waals surface area (Å²) >= 11 is 8.16. The Hall–Kier alpha value is 0.294. The van der Waals surface area contributed by atoms with Crippen molar-refractivity contribution in [2.45, 2.75) is 13.5 Å². The summed E-state index contributed by atoms with van der Waals surface area (Å²) in [6, 6.07) is 12.3. The number of halogens is 2. The molecule has 2 aromatic rings. The SMILES string of the molecule is CCn1c(-c2ccccc2Cl)[c-]cc(I)c1=O.[Y]. The van der Waals surface area contributed by atoms with Gasteiger partial charge in [-0.2, -0.15) is 12.1 Å². The average Bonchev–Trinajstić information content (AvgIpc) is 2.33. The predicted molar refractivity (Wildman–Crippen MR) is 78.4 cm³/mol. The Balaban J connectivity index is 0.00000162. The topological polar surface area (TPSA) is 22.0 Å². The second kappa shape index (κ2) is 7.18. The van der Waals surface area contributed by atoms with E-state index in [9.17, 15) is 4.79 Å². The number of aromatic nitrogens is 1. The molecule has 2 rings (SSSR count). The van der Waals surface area contributed by atoms with Gasteiger partial charge >= 0.3 is 0 Å². The Morgan fingerprint density at radius 1 is 1.39 bits per heavy atom. The van der Waals surface area contributed by atoms with Crippen LogP contribution in [0.5, 0.6) is 0 Å². The number of benzene rings is 1. The van der Waals surface area contributed by atoms with Crippen molar-refractivity contribution in [2.75, 3.05) is 0 Å². The zero-order valence-corrected chi connectivity index (χ0v) is 15.5. The second-order valence-corrected chi connectivity index (χ2v) is 5.08. The van der Waals surface area contributed by atoms with E-state index >= 15 is 0 Å². The summed E-state index contributed by atoms with van der Waals surface area (Å²) in [7, 11) is 0. The molecule has 1 aromatic heterocycles. The van der Waals surface area contributed by atoms with E-state index < -0.39 is 0 Å². The first-order valence-corrected chi connectivity index (χ1v) is 6.66. The Morgan fingerprint density at radius 2 is 2.06 bits per heavy atom. The fourth-order valence-corrected chi connectivity index (χ4v) is 2.35. The summed E-state index contributed by atoms with van der Waals surface area (Å²) in [5, 5.41) is 0.631. The van der Waals surface area contributed by atoms with Crippen molar-refractivity contribution in [2.24, 2.45) is 0 Å². The van der Waals surface area contributed by atoms with Gasteiger partial charge in [-0.1, -0.05) is 41.1 Å². The van der Waals surface area contributed by atoms with Crippen molar-refractivity contribution in [3.05, 3.63) is 55.3 Å². The number of nitrogens with zero attached hydrogens (tertiary/aromatic N) is 1. The third-order valence-corrected chi connectivity index (χ3v) is 3.60. The Labute approximate surface area is 150 Å². The van der Waals surface area contributed by atoms with Crippen LogP contribution in [0.25, 0.3) is 11.3 Å². The molecule has 0 fully saturated rings. The van der Waals surface area contributed by atoms with E-state index in [1.165, 1.54) is 0 Å². The molecule has 0 aliphatic rings. The van der Waals surface area contributed by atoms with Crippen LogP contribution in [-0.4, -0.2) is 4.57 Å². The molecule has 0 spiro atoms. The van der Waals surface area contributed by atoms with Gasteiger partial charge in [0.1, 0.15) is 0 Å². The van der Waals surface area contributed by atoms with E-state index in [1.807, 2.05) is 53.8 Å². The molecule has 0 amide bonds. The van der Waals surface area contributed by atoms with Gasteiger partial charge < -0.3 is 4.57 Å². The van der Waals surface area contributed by atoms with Gasteiger partial charge in [0, 0.05) is 39.3 Å². The van der Waals surface area contributed by atoms with E-state index in [1.54, 1.807) is 10.6 Å². The number of hydrogen-bond donors (Lipinski definition) is 0. The van der Waals surface area contributed by atoms with Gasteiger partial charge in [-0.3, -0.25) is 4.79 Å². The summed E-state index contributed by atoms with van der Waals surface area (Å²) < 4.78 is 2.35. The van der Waals surface area contributed by atoms with Crippen LogP contribution in [-0.2, 0) is 39.3 Å². The monoisotopic (exact) mass is 447 g/mol. The quantitative estimate of drug-likeness (QED) is 0.510. The fourth-order valence-electron chi connectivity index (χ4n) is 1.68. The van der Waals surface area contributed by atoms with Crippen LogP contribution in [0.15, 0.2) is 35.1 Å². The molecular formula is C13H10ClINOY-.